The van der Waals surface area contributed by atoms with Gasteiger partial charge in [0.1, 0.15) is 12.2 Å². The van der Waals surface area contributed by atoms with E-state index in [0.29, 0.717) is 16.8 Å². The Hall–Kier alpha value is -3.24. The first-order valence-electron chi connectivity index (χ1n) is 8.00. The number of esters is 3. The summed E-state index contributed by atoms with van der Waals surface area (Å²) in [6.45, 7) is 3.49. The first-order valence-corrected chi connectivity index (χ1v) is 8.00. The molecule has 1 heterocycles. The van der Waals surface area contributed by atoms with Crippen LogP contribution in [-0.2, 0) is 35.1 Å². The van der Waals surface area contributed by atoms with Gasteiger partial charge in [0.05, 0.1) is 32.1 Å². The quantitative estimate of drug-likeness (QED) is 0.338. The minimum absolute atomic E-state index is 0.0168. The summed E-state index contributed by atoms with van der Waals surface area (Å²) in [5.41, 5.74) is -3.31. The molecule has 0 bridgehead atoms. The Morgan fingerprint density at radius 3 is 2.19 bits per heavy atom. The van der Waals surface area contributed by atoms with Gasteiger partial charge in [0.15, 0.2) is 0 Å². The van der Waals surface area contributed by atoms with Crippen LogP contribution in [-0.4, -0.2) is 46.9 Å². The van der Waals surface area contributed by atoms with Crippen LogP contribution in [0, 0.1) is 5.82 Å². The van der Waals surface area contributed by atoms with Gasteiger partial charge in [0.2, 0.25) is 5.82 Å². The Kier molecular flexibility index (Phi) is 8.11. The molecule has 1 aromatic rings. The maximum Gasteiger partial charge on any atom is 0.355 e. The Balaban J connectivity index is 3.59. The second-order valence-corrected chi connectivity index (χ2v) is 4.83. The standard InChI is InChI=1S/C16H19FN2O8/c1-4-25-12(20)7-11(15(23)27-6-3)18-8-10(17)14(22)19(16(18)24)9-13(21)26-5-2/h7-8H,4-6,9H2,1-3H3/b11-7+. The molecule has 0 aliphatic heterocycles. The Labute approximate surface area is 152 Å². The number of rotatable bonds is 8. The third-order valence-corrected chi connectivity index (χ3v) is 3.01. The van der Waals surface area contributed by atoms with Crippen molar-refractivity contribution in [2.45, 2.75) is 27.3 Å². The first-order chi connectivity index (χ1) is 12.8. The van der Waals surface area contributed by atoms with Gasteiger partial charge >= 0.3 is 23.6 Å². The summed E-state index contributed by atoms with van der Waals surface area (Å²) in [7, 11) is 0. The maximum atomic E-state index is 14.0. The summed E-state index contributed by atoms with van der Waals surface area (Å²) in [5.74, 6) is -4.51. The molecule has 1 rings (SSSR count). The number of aromatic nitrogens is 2. The van der Waals surface area contributed by atoms with Gasteiger partial charge in [-0.3, -0.25) is 14.2 Å². The third kappa shape index (κ3) is 5.62. The predicted octanol–water partition coefficient (Wildman–Crippen LogP) is -0.321. The number of hydrogen-bond donors (Lipinski definition) is 0. The van der Waals surface area contributed by atoms with E-state index < -0.39 is 47.2 Å². The molecule has 0 radical (unpaired) electrons. The molecule has 10 nitrogen and oxygen atoms in total. The molecule has 0 saturated carbocycles. The normalized spacial score (nSPS) is 11.0. The zero-order valence-corrected chi connectivity index (χ0v) is 15.0. The number of ether oxygens (including phenoxy) is 3. The smallest absolute Gasteiger partial charge is 0.355 e. The van der Waals surface area contributed by atoms with Gasteiger partial charge in [-0.25, -0.2) is 19.0 Å². The number of carbonyl (C=O) groups excluding carboxylic acids is 3. The van der Waals surface area contributed by atoms with E-state index >= 15 is 0 Å². The number of hydrogen-bond acceptors (Lipinski definition) is 8. The van der Waals surface area contributed by atoms with Crippen molar-refractivity contribution < 1.29 is 33.0 Å². The minimum atomic E-state index is -1.43. The summed E-state index contributed by atoms with van der Waals surface area (Å²) in [4.78, 5) is 59.8. The molecule has 27 heavy (non-hydrogen) atoms. The highest BCUT2D eigenvalue weighted by atomic mass is 19.1. The fourth-order valence-corrected chi connectivity index (χ4v) is 1.94. The fraction of sp³-hybridized carbons (Fsp3) is 0.438. The van der Waals surface area contributed by atoms with Gasteiger partial charge in [-0.05, 0) is 20.8 Å². The minimum Gasteiger partial charge on any atom is -0.465 e. The number of halogens is 1. The molecule has 0 fully saturated rings. The molecule has 0 saturated heterocycles. The van der Waals surface area contributed by atoms with Gasteiger partial charge in [-0.1, -0.05) is 0 Å². The van der Waals surface area contributed by atoms with Gasteiger partial charge in [0, 0.05) is 0 Å². The van der Waals surface area contributed by atoms with Crippen molar-refractivity contribution in [2.75, 3.05) is 19.8 Å². The lowest BCUT2D eigenvalue weighted by molar-refractivity contribution is -0.144. The Morgan fingerprint density at radius 2 is 1.63 bits per heavy atom. The van der Waals surface area contributed by atoms with Crippen molar-refractivity contribution in [3.05, 3.63) is 38.9 Å². The predicted molar refractivity (Wildman–Crippen MR) is 89.1 cm³/mol. The second kappa shape index (κ2) is 10.0. The van der Waals surface area contributed by atoms with Crippen LogP contribution in [0.4, 0.5) is 4.39 Å². The Morgan fingerprint density at radius 1 is 1.04 bits per heavy atom. The van der Waals surface area contributed by atoms with E-state index in [9.17, 15) is 28.4 Å². The highest BCUT2D eigenvalue weighted by molar-refractivity contribution is 6.14. The van der Waals surface area contributed by atoms with E-state index in [0.717, 1.165) is 0 Å². The lowest BCUT2D eigenvalue weighted by atomic mass is 10.3. The summed E-state index contributed by atoms with van der Waals surface area (Å²) < 4.78 is 28.7. The van der Waals surface area contributed by atoms with Gasteiger partial charge in [0.25, 0.3) is 5.56 Å². The van der Waals surface area contributed by atoms with Crippen molar-refractivity contribution in [3.8, 4) is 0 Å². The van der Waals surface area contributed by atoms with Crippen LogP contribution in [0.3, 0.4) is 0 Å². The van der Waals surface area contributed by atoms with Gasteiger partial charge < -0.3 is 14.2 Å². The average Bonchev–Trinajstić information content (AvgIpc) is 2.60. The van der Waals surface area contributed by atoms with Crippen molar-refractivity contribution in [2.24, 2.45) is 0 Å². The van der Waals surface area contributed by atoms with Crippen LogP contribution in [0.15, 0.2) is 21.9 Å². The topological polar surface area (TPSA) is 123 Å². The van der Waals surface area contributed by atoms with Crippen LogP contribution >= 0.6 is 0 Å². The molecule has 0 unspecified atom stereocenters. The highest BCUT2D eigenvalue weighted by Gasteiger charge is 2.22. The summed E-state index contributed by atoms with van der Waals surface area (Å²) >= 11 is 0. The number of nitrogens with zero attached hydrogens (tertiary/aromatic N) is 2. The molecular weight excluding hydrogens is 367 g/mol. The second-order valence-electron chi connectivity index (χ2n) is 4.83. The van der Waals surface area contributed by atoms with E-state index in [4.69, 9.17) is 4.74 Å². The lowest BCUT2D eigenvalue weighted by Gasteiger charge is -2.12. The van der Waals surface area contributed by atoms with Crippen LogP contribution in [0.2, 0.25) is 0 Å². The Bertz CT molecular complexity index is 868. The first kappa shape index (κ1) is 21.8. The summed E-state index contributed by atoms with van der Waals surface area (Å²) in [5, 5.41) is 0. The van der Waals surface area contributed by atoms with Crippen molar-refractivity contribution in [1.29, 1.82) is 0 Å². The molecule has 11 heteroatoms. The van der Waals surface area contributed by atoms with E-state index in [1.807, 2.05) is 0 Å². The molecule has 148 valence electrons. The molecule has 0 aromatic carbocycles. The monoisotopic (exact) mass is 386 g/mol. The zero-order valence-electron chi connectivity index (χ0n) is 15.0. The summed E-state index contributed by atoms with van der Waals surface area (Å²) in [6, 6.07) is 0. The molecule has 0 spiro atoms. The number of carbonyl (C=O) groups is 3. The molecule has 0 aliphatic carbocycles. The lowest BCUT2D eigenvalue weighted by Crippen LogP contribution is -2.43. The van der Waals surface area contributed by atoms with Crippen molar-refractivity contribution >= 4 is 23.6 Å². The van der Waals surface area contributed by atoms with Crippen molar-refractivity contribution in [3.63, 3.8) is 0 Å². The van der Waals surface area contributed by atoms with Crippen LogP contribution in [0.5, 0.6) is 0 Å². The molecular formula is C16H19FN2O8. The maximum absolute atomic E-state index is 14.0. The largest absolute Gasteiger partial charge is 0.465 e. The average molecular weight is 386 g/mol. The van der Waals surface area contributed by atoms with E-state index in [1.165, 1.54) is 20.8 Å². The van der Waals surface area contributed by atoms with Gasteiger partial charge in [-0.2, -0.15) is 4.39 Å². The molecule has 0 atom stereocenters. The molecule has 0 N–H and O–H groups in total. The van der Waals surface area contributed by atoms with E-state index in [1.54, 1.807) is 0 Å². The van der Waals surface area contributed by atoms with E-state index in [-0.39, 0.29) is 24.4 Å². The van der Waals surface area contributed by atoms with Crippen LogP contribution in [0.25, 0.3) is 5.70 Å². The zero-order chi connectivity index (χ0) is 20.6. The SMILES string of the molecule is CCOC(=O)/C=C(\C(=O)OCC)n1cc(F)c(=O)n(CC(=O)OCC)c1=O. The van der Waals surface area contributed by atoms with Crippen LogP contribution in [0.1, 0.15) is 20.8 Å². The highest BCUT2D eigenvalue weighted by Crippen LogP contribution is 2.06. The molecule has 0 amide bonds. The van der Waals surface area contributed by atoms with Crippen LogP contribution < -0.4 is 11.2 Å². The third-order valence-electron chi connectivity index (χ3n) is 3.01. The van der Waals surface area contributed by atoms with Gasteiger partial charge in [-0.15, -0.1) is 0 Å². The fourth-order valence-electron chi connectivity index (χ4n) is 1.94. The summed E-state index contributed by atoms with van der Waals surface area (Å²) in [6.07, 6.45) is 1.05. The van der Waals surface area contributed by atoms with Crippen molar-refractivity contribution in [1.82, 2.24) is 9.13 Å². The molecule has 1 aromatic heterocycles. The molecule has 0 aliphatic rings. The van der Waals surface area contributed by atoms with E-state index in [2.05, 4.69) is 9.47 Å².